The van der Waals surface area contributed by atoms with Crippen LogP contribution in [0.3, 0.4) is 0 Å². The summed E-state index contributed by atoms with van der Waals surface area (Å²) < 4.78 is 5.24. The molecular weight excluding hydrogens is 276 g/mol. The van der Waals surface area contributed by atoms with Crippen molar-refractivity contribution in [3.05, 3.63) is 34.9 Å². The molecule has 20 heavy (non-hydrogen) atoms. The van der Waals surface area contributed by atoms with E-state index in [0.717, 1.165) is 5.02 Å². The Morgan fingerprint density at radius 2 is 2.00 bits per heavy atom. The number of hydrogen-bond acceptors (Lipinski definition) is 3. The zero-order chi connectivity index (χ0) is 14.4. The second-order valence-electron chi connectivity index (χ2n) is 4.97. The molecule has 110 valence electrons. The number of benzene rings is 1. The van der Waals surface area contributed by atoms with Crippen molar-refractivity contribution in [2.75, 3.05) is 32.8 Å². The molecule has 1 N–H and O–H groups in total. The lowest BCUT2D eigenvalue weighted by atomic mass is 10.1. The number of halogens is 1. The molecule has 1 unspecified atom stereocenters. The molecule has 1 heterocycles. The summed E-state index contributed by atoms with van der Waals surface area (Å²) in [6, 6.07) is 7.99. The Morgan fingerprint density at radius 3 is 2.65 bits per heavy atom. The molecule has 0 saturated carbocycles. The van der Waals surface area contributed by atoms with Crippen molar-refractivity contribution >= 4 is 17.5 Å². The van der Waals surface area contributed by atoms with Crippen molar-refractivity contribution < 1.29 is 9.53 Å². The Labute approximate surface area is 125 Å². The van der Waals surface area contributed by atoms with E-state index in [4.69, 9.17) is 16.3 Å². The first-order valence-corrected chi connectivity index (χ1v) is 7.39. The van der Waals surface area contributed by atoms with Crippen LogP contribution in [0.1, 0.15) is 24.9 Å². The molecule has 1 atom stereocenters. The monoisotopic (exact) mass is 296 g/mol. The fourth-order valence-electron chi connectivity index (χ4n) is 2.24. The molecule has 0 aromatic heterocycles. The van der Waals surface area contributed by atoms with Crippen LogP contribution >= 0.6 is 11.6 Å². The Hall–Kier alpha value is -1.10. The third kappa shape index (κ3) is 4.47. The molecule has 1 aromatic rings. The van der Waals surface area contributed by atoms with E-state index in [0.29, 0.717) is 39.3 Å². The first kappa shape index (κ1) is 15.3. The van der Waals surface area contributed by atoms with Gasteiger partial charge in [-0.05, 0) is 24.6 Å². The third-order valence-electron chi connectivity index (χ3n) is 3.52. The number of nitrogens with zero attached hydrogens (tertiary/aromatic N) is 1. The minimum atomic E-state index is 0.198. The van der Waals surface area contributed by atoms with E-state index in [9.17, 15) is 4.79 Å². The molecule has 1 aliphatic rings. The van der Waals surface area contributed by atoms with Crippen LogP contribution in [0, 0.1) is 0 Å². The van der Waals surface area contributed by atoms with Crippen molar-refractivity contribution in [1.29, 1.82) is 0 Å². The van der Waals surface area contributed by atoms with Crippen LogP contribution < -0.4 is 5.32 Å². The number of morpholine rings is 1. The van der Waals surface area contributed by atoms with Crippen LogP contribution in [0.2, 0.25) is 5.02 Å². The van der Waals surface area contributed by atoms with Gasteiger partial charge >= 0.3 is 0 Å². The quantitative estimate of drug-likeness (QED) is 0.906. The van der Waals surface area contributed by atoms with Gasteiger partial charge in [-0.2, -0.15) is 0 Å². The normalized spacial score (nSPS) is 17.0. The fraction of sp³-hybridized carbons (Fsp3) is 0.533. The van der Waals surface area contributed by atoms with E-state index in [-0.39, 0.29) is 11.9 Å². The molecule has 1 fully saturated rings. The van der Waals surface area contributed by atoms with E-state index in [1.165, 1.54) is 5.56 Å². The summed E-state index contributed by atoms with van der Waals surface area (Å²) in [5.41, 5.74) is 1.17. The summed E-state index contributed by atoms with van der Waals surface area (Å²) in [5.74, 6) is 0.198. The molecule has 4 nitrogen and oxygen atoms in total. The maximum atomic E-state index is 12.0. The van der Waals surface area contributed by atoms with Gasteiger partial charge in [0.05, 0.1) is 13.2 Å². The summed E-state index contributed by atoms with van der Waals surface area (Å²) in [5, 5.41) is 4.11. The Bertz CT molecular complexity index is 430. The zero-order valence-corrected chi connectivity index (χ0v) is 12.5. The van der Waals surface area contributed by atoms with Crippen LogP contribution in [-0.2, 0) is 9.53 Å². The highest BCUT2D eigenvalue weighted by Crippen LogP contribution is 2.15. The van der Waals surface area contributed by atoms with E-state index < -0.39 is 0 Å². The highest BCUT2D eigenvalue weighted by molar-refractivity contribution is 6.30. The molecule has 1 aromatic carbocycles. The van der Waals surface area contributed by atoms with Crippen LogP contribution in [0.15, 0.2) is 24.3 Å². The number of ether oxygens (including phenoxy) is 1. The van der Waals surface area contributed by atoms with Gasteiger partial charge in [0.25, 0.3) is 0 Å². The SMILES string of the molecule is CC(NCCC(=O)N1CCOCC1)c1ccc(Cl)cc1. The van der Waals surface area contributed by atoms with Gasteiger partial charge in [0.1, 0.15) is 0 Å². The Balaban J connectivity index is 1.72. The van der Waals surface area contributed by atoms with Gasteiger partial charge < -0.3 is 15.0 Å². The minimum absolute atomic E-state index is 0.198. The van der Waals surface area contributed by atoms with Gasteiger partial charge in [-0.15, -0.1) is 0 Å². The molecule has 1 aliphatic heterocycles. The predicted octanol–water partition coefficient (Wildman–Crippen LogP) is 2.24. The molecule has 5 heteroatoms. The van der Waals surface area contributed by atoms with Crippen LogP contribution in [0.25, 0.3) is 0 Å². The molecular formula is C15H21ClN2O2. The number of carbonyl (C=O) groups is 1. The van der Waals surface area contributed by atoms with Crippen molar-refractivity contribution in [1.82, 2.24) is 10.2 Å². The van der Waals surface area contributed by atoms with E-state index in [1.807, 2.05) is 29.2 Å². The number of rotatable bonds is 5. The topological polar surface area (TPSA) is 41.6 Å². The standard InChI is InChI=1S/C15H21ClN2O2/c1-12(13-2-4-14(16)5-3-13)17-7-6-15(19)18-8-10-20-11-9-18/h2-5,12,17H,6-11H2,1H3. The van der Waals surface area contributed by atoms with E-state index >= 15 is 0 Å². The van der Waals surface area contributed by atoms with Gasteiger partial charge in [0.15, 0.2) is 0 Å². The number of nitrogens with one attached hydrogen (secondary N) is 1. The van der Waals surface area contributed by atoms with E-state index in [1.54, 1.807) is 0 Å². The van der Waals surface area contributed by atoms with Crippen LogP contribution in [0.4, 0.5) is 0 Å². The van der Waals surface area contributed by atoms with Crippen molar-refractivity contribution in [2.45, 2.75) is 19.4 Å². The van der Waals surface area contributed by atoms with E-state index in [2.05, 4.69) is 12.2 Å². The van der Waals surface area contributed by atoms with Gasteiger partial charge in [-0.25, -0.2) is 0 Å². The lowest BCUT2D eigenvalue weighted by Crippen LogP contribution is -2.41. The second-order valence-corrected chi connectivity index (χ2v) is 5.41. The van der Waals surface area contributed by atoms with Gasteiger partial charge in [0, 0.05) is 37.1 Å². The maximum absolute atomic E-state index is 12.0. The zero-order valence-electron chi connectivity index (χ0n) is 11.8. The highest BCUT2D eigenvalue weighted by atomic mass is 35.5. The highest BCUT2D eigenvalue weighted by Gasteiger charge is 2.16. The van der Waals surface area contributed by atoms with Crippen molar-refractivity contribution in [3.8, 4) is 0 Å². The second kappa shape index (κ2) is 7.62. The lowest BCUT2D eigenvalue weighted by Gasteiger charge is -2.27. The maximum Gasteiger partial charge on any atom is 0.224 e. The van der Waals surface area contributed by atoms with Gasteiger partial charge in [-0.3, -0.25) is 4.79 Å². The minimum Gasteiger partial charge on any atom is -0.378 e. The molecule has 0 radical (unpaired) electrons. The van der Waals surface area contributed by atoms with Crippen molar-refractivity contribution in [3.63, 3.8) is 0 Å². The molecule has 1 saturated heterocycles. The number of hydrogen-bond donors (Lipinski definition) is 1. The molecule has 0 spiro atoms. The average molecular weight is 297 g/mol. The molecule has 1 amide bonds. The lowest BCUT2D eigenvalue weighted by molar-refractivity contribution is -0.135. The summed E-state index contributed by atoms with van der Waals surface area (Å²) in [4.78, 5) is 13.8. The average Bonchev–Trinajstić information content (AvgIpc) is 2.48. The van der Waals surface area contributed by atoms with Crippen molar-refractivity contribution in [2.24, 2.45) is 0 Å². The summed E-state index contributed by atoms with van der Waals surface area (Å²) >= 11 is 5.87. The van der Waals surface area contributed by atoms with Crippen LogP contribution in [0.5, 0.6) is 0 Å². The number of amides is 1. The molecule has 0 aliphatic carbocycles. The first-order chi connectivity index (χ1) is 9.66. The molecule has 2 rings (SSSR count). The Kier molecular flexibility index (Phi) is 5.83. The first-order valence-electron chi connectivity index (χ1n) is 7.01. The largest absolute Gasteiger partial charge is 0.378 e. The fourth-order valence-corrected chi connectivity index (χ4v) is 2.36. The molecule has 0 bridgehead atoms. The van der Waals surface area contributed by atoms with Gasteiger partial charge in [-0.1, -0.05) is 23.7 Å². The Morgan fingerprint density at radius 1 is 1.35 bits per heavy atom. The number of carbonyl (C=O) groups excluding carboxylic acids is 1. The smallest absolute Gasteiger partial charge is 0.224 e. The van der Waals surface area contributed by atoms with Gasteiger partial charge in [0.2, 0.25) is 5.91 Å². The third-order valence-corrected chi connectivity index (χ3v) is 3.78. The summed E-state index contributed by atoms with van der Waals surface area (Å²) in [6.07, 6.45) is 0.526. The predicted molar refractivity (Wildman–Crippen MR) is 79.9 cm³/mol. The van der Waals surface area contributed by atoms with Crippen LogP contribution in [-0.4, -0.2) is 43.7 Å². The summed E-state index contributed by atoms with van der Waals surface area (Å²) in [7, 11) is 0. The summed E-state index contributed by atoms with van der Waals surface area (Å²) in [6.45, 7) is 5.50.